The molecule has 0 aliphatic carbocycles. The number of anilines is 1. The lowest BCUT2D eigenvalue weighted by Crippen LogP contribution is -2.54. The van der Waals surface area contributed by atoms with Crippen LogP contribution < -0.4 is 14.4 Å². The molecule has 7 heteroatoms. The summed E-state index contributed by atoms with van der Waals surface area (Å²) >= 11 is 0. The summed E-state index contributed by atoms with van der Waals surface area (Å²) in [5, 5.41) is 0. The first-order chi connectivity index (χ1) is 11.3. The van der Waals surface area contributed by atoms with E-state index in [4.69, 9.17) is 4.74 Å². The minimum absolute atomic E-state index is 0.0564. The summed E-state index contributed by atoms with van der Waals surface area (Å²) in [7, 11) is -0.260. The van der Waals surface area contributed by atoms with Crippen molar-refractivity contribution >= 4 is 15.9 Å². The van der Waals surface area contributed by atoms with Gasteiger partial charge in [0, 0.05) is 38.4 Å². The van der Waals surface area contributed by atoms with Crippen LogP contribution in [0.15, 0.2) is 24.3 Å². The topological polar surface area (TPSA) is 61.9 Å². The molecule has 1 N–H and O–H groups in total. The zero-order chi connectivity index (χ0) is 17.5. The molecule has 1 aromatic carbocycles. The number of methoxy groups -OCH3 is 1. The normalized spacial score (nSPS) is 27.1. The highest BCUT2D eigenvalue weighted by molar-refractivity contribution is 7.87. The van der Waals surface area contributed by atoms with E-state index in [1.165, 1.54) is 7.05 Å². The highest BCUT2D eigenvalue weighted by Crippen LogP contribution is 2.43. The zero-order valence-corrected chi connectivity index (χ0v) is 15.6. The van der Waals surface area contributed by atoms with Crippen LogP contribution in [0.25, 0.3) is 0 Å². The summed E-state index contributed by atoms with van der Waals surface area (Å²) < 4.78 is 34.0. The summed E-state index contributed by atoms with van der Waals surface area (Å²) in [6.45, 7) is 6.47. The van der Waals surface area contributed by atoms with Gasteiger partial charge in [0.1, 0.15) is 5.75 Å². The number of nitrogens with zero attached hydrogens (tertiary/aromatic N) is 2. The van der Waals surface area contributed by atoms with Crippen LogP contribution >= 0.6 is 0 Å². The van der Waals surface area contributed by atoms with E-state index in [0.29, 0.717) is 19.0 Å². The Balaban J connectivity index is 1.95. The SMILES string of the molecule is CNS(=O)(=O)N1CC2CN(c3ccc(OC)cc3)C(C1)C(C)(C)C2. The van der Waals surface area contributed by atoms with E-state index in [-0.39, 0.29) is 11.5 Å². The summed E-state index contributed by atoms with van der Waals surface area (Å²) in [5.41, 5.74) is 1.18. The average Bonchev–Trinajstić information content (AvgIpc) is 2.82. The number of nitrogens with one attached hydrogen (secondary N) is 1. The van der Waals surface area contributed by atoms with Crippen molar-refractivity contribution < 1.29 is 13.2 Å². The third-order valence-corrected chi connectivity index (χ3v) is 6.88. The molecule has 0 radical (unpaired) electrons. The highest BCUT2D eigenvalue weighted by atomic mass is 32.2. The molecular weight excluding hydrogens is 326 g/mol. The van der Waals surface area contributed by atoms with E-state index in [0.717, 1.165) is 24.4 Å². The van der Waals surface area contributed by atoms with Crippen LogP contribution in [-0.4, -0.2) is 52.6 Å². The van der Waals surface area contributed by atoms with Gasteiger partial charge in [0.05, 0.1) is 7.11 Å². The van der Waals surface area contributed by atoms with Crippen LogP contribution in [0, 0.1) is 11.3 Å². The van der Waals surface area contributed by atoms with Gasteiger partial charge in [-0.15, -0.1) is 0 Å². The van der Waals surface area contributed by atoms with E-state index >= 15 is 0 Å². The second-order valence-corrected chi connectivity index (χ2v) is 9.33. The van der Waals surface area contributed by atoms with Crippen molar-refractivity contribution in [2.45, 2.75) is 26.3 Å². The third-order valence-electron chi connectivity index (χ3n) is 5.39. The Bertz CT molecular complexity index is 688. The van der Waals surface area contributed by atoms with Gasteiger partial charge in [0.15, 0.2) is 0 Å². The molecule has 3 heterocycles. The third kappa shape index (κ3) is 3.12. The van der Waals surface area contributed by atoms with Crippen LogP contribution in [0.5, 0.6) is 5.75 Å². The zero-order valence-electron chi connectivity index (χ0n) is 14.8. The molecule has 0 spiro atoms. The number of fused-ring (bicyclic) bond motifs is 4. The maximum atomic E-state index is 12.3. The summed E-state index contributed by atoms with van der Waals surface area (Å²) in [4.78, 5) is 2.37. The first kappa shape index (κ1) is 17.5. The number of hydrogen-bond acceptors (Lipinski definition) is 4. The fourth-order valence-electron chi connectivity index (χ4n) is 4.18. The molecule has 134 valence electrons. The Morgan fingerprint density at radius 2 is 1.83 bits per heavy atom. The van der Waals surface area contributed by atoms with Crippen molar-refractivity contribution in [1.82, 2.24) is 9.03 Å². The van der Waals surface area contributed by atoms with Crippen LogP contribution in [0.4, 0.5) is 5.69 Å². The number of ether oxygens (including phenoxy) is 1. The van der Waals surface area contributed by atoms with Gasteiger partial charge in [0.2, 0.25) is 0 Å². The lowest BCUT2D eigenvalue weighted by atomic mass is 9.73. The van der Waals surface area contributed by atoms with Crippen LogP contribution in [0.3, 0.4) is 0 Å². The number of hydrogen-bond donors (Lipinski definition) is 1. The van der Waals surface area contributed by atoms with Gasteiger partial charge in [-0.2, -0.15) is 12.7 Å². The van der Waals surface area contributed by atoms with Gasteiger partial charge in [-0.05, 0) is 42.0 Å². The molecule has 3 fully saturated rings. The maximum Gasteiger partial charge on any atom is 0.279 e. The van der Waals surface area contributed by atoms with Gasteiger partial charge in [-0.1, -0.05) is 13.8 Å². The lowest BCUT2D eigenvalue weighted by molar-refractivity contribution is 0.192. The molecule has 3 aliphatic heterocycles. The smallest absolute Gasteiger partial charge is 0.279 e. The Hall–Kier alpha value is -1.31. The van der Waals surface area contributed by atoms with Crippen LogP contribution in [0.2, 0.25) is 0 Å². The first-order valence-electron chi connectivity index (χ1n) is 8.36. The summed E-state index contributed by atoms with van der Waals surface area (Å²) in [6.07, 6.45) is 1.04. The molecular formula is C17H27N3O3S. The summed E-state index contributed by atoms with van der Waals surface area (Å²) in [5.74, 6) is 1.15. The molecule has 1 aromatic rings. The van der Waals surface area contributed by atoms with Gasteiger partial charge < -0.3 is 9.64 Å². The van der Waals surface area contributed by atoms with E-state index in [2.05, 4.69) is 35.6 Å². The molecule has 4 rings (SSSR count). The Kier molecular flexibility index (Phi) is 4.53. The van der Waals surface area contributed by atoms with Crippen LogP contribution in [-0.2, 0) is 10.2 Å². The number of rotatable bonds is 4. The minimum Gasteiger partial charge on any atom is -0.497 e. The summed E-state index contributed by atoms with van der Waals surface area (Å²) in [6, 6.07) is 8.19. The van der Waals surface area contributed by atoms with Crippen molar-refractivity contribution in [3.05, 3.63) is 24.3 Å². The van der Waals surface area contributed by atoms with Crippen molar-refractivity contribution in [1.29, 1.82) is 0 Å². The molecule has 2 unspecified atom stereocenters. The number of piperidine rings is 1. The second-order valence-electron chi connectivity index (χ2n) is 7.45. The molecule has 0 aromatic heterocycles. The predicted octanol–water partition coefficient (Wildman–Crippen LogP) is 1.70. The van der Waals surface area contributed by atoms with E-state index in [1.54, 1.807) is 11.4 Å². The van der Waals surface area contributed by atoms with Crippen LogP contribution in [0.1, 0.15) is 20.3 Å². The number of benzene rings is 1. The van der Waals surface area contributed by atoms with E-state index in [1.807, 2.05) is 12.1 Å². The van der Waals surface area contributed by atoms with E-state index < -0.39 is 10.2 Å². The lowest BCUT2D eigenvalue weighted by Gasteiger charge is -2.48. The Morgan fingerprint density at radius 1 is 1.17 bits per heavy atom. The molecule has 0 amide bonds. The minimum atomic E-state index is -3.40. The van der Waals surface area contributed by atoms with Gasteiger partial charge in [-0.3, -0.25) is 0 Å². The Morgan fingerprint density at radius 3 is 2.42 bits per heavy atom. The molecule has 6 nitrogen and oxygen atoms in total. The van der Waals surface area contributed by atoms with Gasteiger partial charge >= 0.3 is 0 Å². The molecule has 2 atom stereocenters. The van der Waals surface area contributed by atoms with Crippen molar-refractivity contribution in [3.8, 4) is 5.75 Å². The molecule has 2 bridgehead atoms. The van der Waals surface area contributed by atoms with Crippen molar-refractivity contribution in [3.63, 3.8) is 0 Å². The standard InChI is InChI=1S/C17H27N3O3S/c1-17(2)9-13-10-19(24(21,22)18-3)12-16(17)20(11-13)14-5-7-15(23-4)8-6-14/h5-8,13,16,18H,9-12H2,1-4H3. The fraction of sp³-hybridized carbons (Fsp3) is 0.647. The first-order valence-corrected chi connectivity index (χ1v) is 9.80. The monoisotopic (exact) mass is 353 g/mol. The molecule has 24 heavy (non-hydrogen) atoms. The quantitative estimate of drug-likeness (QED) is 0.895. The largest absolute Gasteiger partial charge is 0.497 e. The fourth-order valence-corrected chi connectivity index (χ4v) is 5.18. The average molecular weight is 353 g/mol. The predicted molar refractivity (Wildman–Crippen MR) is 95.6 cm³/mol. The maximum absolute atomic E-state index is 12.3. The molecule has 0 saturated carbocycles. The second kappa shape index (κ2) is 6.20. The molecule has 3 saturated heterocycles. The van der Waals surface area contributed by atoms with Gasteiger partial charge in [0.25, 0.3) is 10.2 Å². The van der Waals surface area contributed by atoms with E-state index in [9.17, 15) is 8.42 Å². The van der Waals surface area contributed by atoms with Crippen molar-refractivity contribution in [2.75, 3.05) is 38.7 Å². The molecule has 3 aliphatic rings. The van der Waals surface area contributed by atoms with Crippen molar-refractivity contribution in [2.24, 2.45) is 11.3 Å². The Labute approximate surface area is 145 Å². The highest BCUT2D eigenvalue weighted by Gasteiger charge is 2.47. The van der Waals surface area contributed by atoms with Gasteiger partial charge in [-0.25, -0.2) is 4.72 Å².